The second-order valence-corrected chi connectivity index (χ2v) is 6.10. The molecule has 0 spiro atoms. The number of carbonyl (C=O) groups excluding carboxylic acids is 1. The van der Waals surface area contributed by atoms with Crippen molar-refractivity contribution in [2.45, 2.75) is 47.0 Å². The Labute approximate surface area is 117 Å². The van der Waals surface area contributed by atoms with Gasteiger partial charge in [0, 0.05) is 6.42 Å². The maximum atomic E-state index is 11.7. The minimum Gasteiger partial charge on any atom is -0.466 e. The second-order valence-electron chi connectivity index (χ2n) is 6.10. The van der Waals surface area contributed by atoms with Gasteiger partial charge in [0.05, 0.1) is 6.61 Å². The van der Waals surface area contributed by atoms with Gasteiger partial charge in [-0.15, -0.1) is 0 Å². The van der Waals surface area contributed by atoms with Crippen molar-refractivity contribution in [3.63, 3.8) is 0 Å². The normalized spacial score (nSPS) is 13.1. The minimum atomic E-state index is -0.0736. The van der Waals surface area contributed by atoms with Crippen molar-refractivity contribution in [1.82, 2.24) is 0 Å². The average molecular weight is 262 g/mol. The molecule has 0 fully saturated rings. The predicted molar refractivity (Wildman–Crippen MR) is 79.0 cm³/mol. The largest absolute Gasteiger partial charge is 0.466 e. The third-order valence-electron chi connectivity index (χ3n) is 3.57. The number of carbonyl (C=O) groups is 1. The van der Waals surface area contributed by atoms with Crippen molar-refractivity contribution in [2.24, 2.45) is 11.3 Å². The lowest BCUT2D eigenvalue weighted by Crippen LogP contribution is -2.25. The Balaban J connectivity index is 2.58. The molecule has 1 aromatic rings. The number of ether oxygens (including phenoxy) is 1. The maximum absolute atomic E-state index is 11.7. The molecule has 1 aromatic carbocycles. The summed E-state index contributed by atoms with van der Waals surface area (Å²) in [6.07, 6.45) is 2.55. The average Bonchev–Trinajstić information content (AvgIpc) is 2.34. The molecular weight excluding hydrogens is 236 g/mol. The van der Waals surface area contributed by atoms with Gasteiger partial charge in [-0.2, -0.15) is 0 Å². The predicted octanol–water partition coefficient (Wildman–Crippen LogP) is 4.23. The number of hydrogen-bond acceptors (Lipinski definition) is 2. The van der Waals surface area contributed by atoms with E-state index in [0.29, 0.717) is 18.9 Å². The summed E-state index contributed by atoms with van der Waals surface area (Å²) in [6.45, 7) is 8.91. The van der Waals surface area contributed by atoms with Crippen LogP contribution in [-0.2, 0) is 16.0 Å². The molecule has 0 heterocycles. The third-order valence-corrected chi connectivity index (χ3v) is 3.57. The van der Waals surface area contributed by atoms with E-state index in [0.717, 1.165) is 12.8 Å². The fourth-order valence-corrected chi connectivity index (χ4v) is 2.25. The number of aryl methyl sites for hydroxylation is 1. The summed E-state index contributed by atoms with van der Waals surface area (Å²) < 4.78 is 5.08. The molecule has 0 amide bonds. The Morgan fingerprint density at radius 2 is 1.84 bits per heavy atom. The van der Waals surface area contributed by atoms with Crippen LogP contribution in [0.3, 0.4) is 0 Å². The van der Waals surface area contributed by atoms with Crippen LogP contribution in [0, 0.1) is 11.3 Å². The highest BCUT2D eigenvalue weighted by Crippen LogP contribution is 2.32. The van der Waals surface area contributed by atoms with E-state index in [2.05, 4.69) is 45.0 Å². The molecule has 0 aromatic heterocycles. The van der Waals surface area contributed by atoms with Crippen molar-refractivity contribution < 1.29 is 9.53 Å². The van der Waals surface area contributed by atoms with Crippen LogP contribution in [0.4, 0.5) is 0 Å². The van der Waals surface area contributed by atoms with Crippen molar-refractivity contribution >= 4 is 5.97 Å². The molecule has 2 nitrogen and oxygen atoms in total. The Hall–Kier alpha value is -1.31. The molecule has 0 bridgehead atoms. The lowest BCUT2D eigenvalue weighted by molar-refractivity contribution is -0.145. The molecule has 0 N–H and O–H groups in total. The van der Waals surface area contributed by atoms with Crippen molar-refractivity contribution in [2.75, 3.05) is 6.61 Å². The molecule has 1 atom stereocenters. The number of rotatable bonds is 6. The summed E-state index contributed by atoms with van der Waals surface area (Å²) in [5.74, 6) is 0.280. The van der Waals surface area contributed by atoms with Gasteiger partial charge in [0.2, 0.25) is 0 Å². The molecule has 0 radical (unpaired) electrons. The standard InChI is InChI=1S/C17H26O2/c1-5-19-16(18)13-15(17(2,3)4)12-11-14-9-7-6-8-10-14/h6-10,15H,5,11-13H2,1-4H3. The van der Waals surface area contributed by atoms with Gasteiger partial charge in [0.15, 0.2) is 0 Å². The van der Waals surface area contributed by atoms with E-state index < -0.39 is 0 Å². The van der Waals surface area contributed by atoms with Crippen LogP contribution in [-0.4, -0.2) is 12.6 Å². The zero-order valence-electron chi connectivity index (χ0n) is 12.6. The van der Waals surface area contributed by atoms with Gasteiger partial charge >= 0.3 is 5.97 Å². The van der Waals surface area contributed by atoms with Crippen molar-refractivity contribution in [1.29, 1.82) is 0 Å². The van der Waals surface area contributed by atoms with E-state index in [9.17, 15) is 4.79 Å². The Morgan fingerprint density at radius 1 is 1.21 bits per heavy atom. The summed E-state index contributed by atoms with van der Waals surface area (Å²) in [4.78, 5) is 11.7. The minimum absolute atomic E-state index is 0.0736. The van der Waals surface area contributed by atoms with E-state index in [-0.39, 0.29) is 11.4 Å². The van der Waals surface area contributed by atoms with E-state index in [1.54, 1.807) is 0 Å². The first-order valence-corrected chi connectivity index (χ1v) is 7.13. The lowest BCUT2D eigenvalue weighted by Gasteiger charge is -2.30. The summed E-state index contributed by atoms with van der Waals surface area (Å²) in [7, 11) is 0. The highest BCUT2D eigenvalue weighted by molar-refractivity contribution is 5.69. The van der Waals surface area contributed by atoms with Crippen LogP contribution < -0.4 is 0 Å². The SMILES string of the molecule is CCOC(=O)CC(CCc1ccccc1)C(C)(C)C. The van der Waals surface area contributed by atoms with Crippen LogP contribution in [0.25, 0.3) is 0 Å². The number of benzene rings is 1. The molecule has 0 aliphatic carbocycles. The summed E-state index contributed by atoms with van der Waals surface area (Å²) in [6, 6.07) is 10.4. The van der Waals surface area contributed by atoms with Gasteiger partial charge < -0.3 is 4.74 Å². The van der Waals surface area contributed by atoms with E-state index in [4.69, 9.17) is 4.74 Å². The van der Waals surface area contributed by atoms with Gasteiger partial charge in [-0.3, -0.25) is 4.79 Å². The van der Waals surface area contributed by atoms with E-state index in [1.807, 2.05) is 13.0 Å². The molecule has 0 aliphatic rings. The Kier molecular flexibility index (Phi) is 6.07. The van der Waals surface area contributed by atoms with Crippen LogP contribution in [0.5, 0.6) is 0 Å². The topological polar surface area (TPSA) is 26.3 Å². The zero-order chi connectivity index (χ0) is 14.3. The van der Waals surface area contributed by atoms with Crippen LogP contribution >= 0.6 is 0 Å². The van der Waals surface area contributed by atoms with E-state index >= 15 is 0 Å². The quantitative estimate of drug-likeness (QED) is 0.717. The van der Waals surface area contributed by atoms with Gasteiger partial charge in [-0.1, -0.05) is 51.1 Å². The van der Waals surface area contributed by atoms with Crippen LogP contribution in [0.15, 0.2) is 30.3 Å². The fourth-order valence-electron chi connectivity index (χ4n) is 2.25. The smallest absolute Gasteiger partial charge is 0.306 e. The molecule has 106 valence electrons. The van der Waals surface area contributed by atoms with Crippen molar-refractivity contribution in [3.05, 3.63) is 35.9 Å². The zero-order valence-corrected chi connectivity index (χ0v) is 12.6. The highest BCUT2D eigenvalue weighted by Gasteiger charge is 2.27. The van der Waals surface area contributed by atoms with E-state index in [1.165, 1.54) is 5.56 Å². The molecule has 2 heteroatoms. The van der Waals surface area contributed by atoms with Gasteiger partial charge in [0.25, 0.3) is 0 Å². The lowest BCUT2D eigenvalue weighted by atomic mass is 9.75. The molecular formula is C17H26O2. The number of hydrogen-bond donors (Lipinski definition) is 0. The molecule has 19 heavy (non-hydrogen) atoms. The van der Waals surface area contributed by atoms with Gasteiger partial charge in [0.1, 0.15) is 0 Å². The first-order valence-electron chi connectivity index (χ1n) is 7.13. The van der Waals surface area contributed by atoms with Crippen LogP contribution in [0.1, 0.15) is 46.1 Å². The first kappa shape index (κ1) is 15.7. The van der Waals surface area contributed by atoms with Gasteiger partial charge in [-0.25, -0.2) is 0 Å². The monoisotopic (exact) mass is 262 g/mol. The molecule has 0 aliphatic heterocycles. The Morgan fingerprint density at radius 3 is 2.37 bits per heavy atom. The van der Waals surface area contributed by atoms with Crippen LogP contribution in [0.2, 0.25) is 0 Å². The molecule has 1 rings (SSSR count). The molecule has 1 unspecified atom stereocenters. The highest BCUT2D eigenvalue weighted by atomic mass is 16.5. The first-order chi connectivity index (χ1) is 8.93. The summed E-state index contributed by atoms with van der Waals surface area (Å²) in [5, 5.41) is 0. The Bertz CT molecular complexity index is 376. The fraction of sp³-hybridized carbons (Fsp3) is 0.588. The third kappa shape index (κ3) is 5.91. The summed E-state index contributed by atoms with van der Waals surface area (Å²) in [5.41, 5.74) is 1.46. The molecule has 0 saturated heterocycles. The van der Waals surface area contributed by atoms with Gasteiger partial charge in [-0.05, 0) is 36.7 Å². The van der Waals surface area contributed by atoms with Crippen molar-refractivity contribution in [3.8, 4) is 0 Å². The maximum Gasteiger partial charge on any atom is 0.306 e. The second kappa shape index (κ2) is 7.32. The number of esters is 1. The summed E-state index contributed by atoms with van der Waals surface area (Å²) >= 11 is 0. The molecule has 0 saturated carbocycles.